The summed E-state index contributed by atoms with van der Waals surface area (Å²) in [4.78, 5) is 12.0. The van der Waals surface area contributed by atoms with E-state index in [2.05, 4.69) is 15.0 Å². The highest BCUT2D eigenvalue weighted by Gasteiger charge is 2.53. The average molecular weight is 295 g/mol. The van der Waals surface area contributed by atoms with Crippen molar-refractivity contribution >= 4 is 17.0 Å². The predicted molar refractivity (Wildman–Crippen MR) is 72.0 cm³/mol. The first-order valence-corrected chi connectivity index (χ1v) is 6.62. The van der Waals surface area contributed by atoms with Crippen molar-refractivity contribution in [1.29, 1.82) is 0 Å². The van der Waals surface area contributed by atoms with Crippen LogP contribution in [0.25, 0.3) is 11.2 Å². The van der Waals surface area contributed by atoms with Gasteiger partial charge in [-0.05, 0) is 6.42 Å². The van der Waals surface area contributed by atoms with Gasteiger partial charge in [-0.15, -0.1) is 0 Å². The zero-order valence-corrected chi connectivity index (χ0v) is 11.4. The van der Waals surface area contributed by atoms with Gasteiger partial charge in [0.25, 0.3) is 0 Å². The molecule has 2 aromatic heterocycles. The van der Waals surface area contributed by atoms with Gasteiger partial charge in [-0.1, -0.05) is 6.92 Å². The minimum Gasteiger partial charge on any atom is -0.393 e. The van der Waals surface area contributed by atoms with Crippen LogP contribution in [0.4, 0.5) is 5.82 Å². The zero-order chi connectivity index (χ0) is 15.2. The summed E-state index contributed by atoms with van der Waals surface area (Å²) in [6, 6.07) is 0. The molecular formula is C12H17N5O4. The van der Waals surface area contributed by atoms with Crippen LogP contribution in [-0.4, -0.2) is 59.3 Å². The Labute approximate surface area is 120 Å². The Bertz CT molecular complexity index is 656. The largest absolute Gasteiger partial charge is 0.393 e. The van der Waals surface area contributed by atoms with Gasteiger partial charge in [0.1, 0.15) is 29.7 Å². The topological polar surface area (TPSA) is 140 Å². The molecule has 1 aliphatic heterocycles. The number of hydrogen-bond acceptors (Lipinski definition) is 8. The molecule has 1 fully saturated rings. The molecule has 9 heteroatoms. The van der Waals surface area contributed by atoms with E-state index in [9.17, 15) is 15.3 Å². The first-order valence-electron chi connectivity index (χ1n) is 6.62. The van der Waals surface area contributed by atoms with Crippen LogP contribution in [0, 0.1) is 0 Å². The van der Waals surface area contributed by atoms with Crippen LogP contribution in [0.5, 0.6) is 0 Å². The van der Waals surface area contributed by atoms with Crippen molar-refractivity contribution in [3.8, 4) is 0 Å². The lowest BCUT2D eigenvalue weighted by atomic mass is 9.93. The standard InChI is InChI=1S/C12H17N5O4/c1-2-12(3-18)8(20)7(19)11(21-12)17-5-16-6-9(13)14-4-15-10(6)17/h4-5,7-8,11,18-20H,2-3H2,1H3,(H2,13,14,15)/t7-,8+,11-,12-/m1/s1. The van der Waals surface area contributed by atoms with Crippen molar-refractivity contribution in [3.05, 3.63) is 12.7 Å². The molecule has 2 aromatic rings. The molecule has 9 nitrogen and oxygen atoms in total. The van der Waals surface area contributed by atoms with Gasteiger partial charge in [-0.25, -0.2) is 15.0 Å². The van der Waals surface area contributed by atoms with Gasteiger partial charge >= 0.3 is 0 Å². The van der Waals surface area contributed by atoms with E-state index >= 15 is 0 Å². The number of aliphatic hydroxyl groups is 3. The number of nitrogen functional groups attached to an aromatic ring is 1. The minimum atomic E-state index is -1.22. The van der Waals surface area contributed by atoms with Gasteiger partial charge in [-0.2, -0.15) is 0 Å². The molecule has 0 saturated carbocycles. The highest BCUT2D eigenvalue weighted by Crippen LogP contribution is 2.40. The van der Waals surface area contributed by atoms with E-state index < -0.39 is 30.6 Å². The third-order valence-corrected chi connectivity index (χ3v) is 4.04. The molecule has 3 heterocycles. The maximum Gasteiger partial charge on any atom is 0.167 e. The Morgan fingerprint density at radius 2 is 2.14 bits per heavy atom. The summed E-state index contributed by atoms with van der Waals surface area (Å²) >= 11 is 0. The second-order valence-electron chi connectivity index (χ2n) is 5.10. The molecule has 1 saturated heterocycles. The van der Waals surface area contributed by atoms with Gasteiger partial charge in [0.05, 0.1) is 12.9 Å². The highest BCUT2D eigenvalue weighted by atomic mass is 16.6. The number of ether oxygens (including phenoxy) is 1. The summed E-state index contributed by atoms with van der Waals surface area (Å²) in [7, 11) is 0. The second-order valence-corrected chi connectivity index (χ2v) is 5.10. The van der Waals surface area contributed by atoms with Gasteiger partial charge in [0.15, 0.2) is 17.7 Å². The highest BCUT2D eigenvalue weighted by molar-refractivity contribution is 5.81. The molecule has 3 rings (SSSR count). The third kappa shape index (κ3) is 1.89. The number of imidazole rings is 1. The molecule has 1 aliphatic rings. The minimum absolute atomic E-state index is 0.218. The van der Waals surface area contributed by atoms with Gasteiger partial charge in [0, 0.05) is 0 Å². The molecule has 4 atom stereocenters. The number of rotatable bonds is 3. The fraction of sp³-hybridized carbons (Fsp3) is 0.583. The zero-order valence-electron chi connectivity index (χ0n) is 11.4. The first kappa shape index (κ1) is 14.1. The Balaban J connectivity index is 2.06. The maximum absolute atomic E-state index is 10.2. The SMILES string of the molecule is CC[C@]1(CO)O[C@@H](n2cnc3c(N)ncnc32)[C@H](O)[C@@H]1O. The maximum atomic E-state index is 10.2. The van der Waals surface area contributed by atoms with Crippen LogP contribution >= 0.6 is 0 Å². The summed E-state index contributed by atoms with van der Waals surface area (Å²) in [6.07, 6.45) is -0.292. The lowest BCUT2D eigenvalue weighted by molar-refractivity contribution is -0.129. The second kappa shape index (κ2) is 4.88. The molecule has 114 valence electrons. The fourth-order valence-electron chi connectivity index (χ4n) is 2.66. The van der Waals surface area contributed by atoms with Crippen LogP contribution in [0.15, 0.2) is 12.7 Å². The lowest BCUT2D eigenvalue weighted by Gasteiger charge is -2.28. The Kier molecular flexibility index (Phi) is 3.29. The third-order valence-electron chi connectivity index (χ3n) is 4.04. The quantitative estimate of drug-likeness (QED) is 0.553. The molecule has 21 heavy (non-hydrogen) atoms. The van der Waals surface area contributed by atoms with Gasteiger partial charge in [-0.3, -0.25) is 4.57 Å². The summed E-state index contributed by atoms with van der Waals surface area (Å²) in [5.74, 6) is 0.218. The molecule has 0 aromatic carbocycles. The lowest BCUT2D eigenvalue weighted by Crippen LogP contribution is -2.45. The van der Waals surface area contributed by atoms with Gasteiger partial charge in [0.2, 0.25) is 0 Å². The van der Waals surface area contributed by atoms with Crippen LogP contribution in [0.3, 0.4) is 0 Å². The number of fused-ring (bicyclic) bond motifs is 1. The van der Waals surface area contributed by atoms with Crippen LogP contribution in [0.1, 0.15) is 19.6 Å². The fourth-order valence-corrected chi connectivity index (χ4v) is 2.66. The van der Waals surface area contributed by atoms with Crippen LogP contribution in [-0.2, 0) is 4.74 Å². The molecule has 0 bridgehead atoms. The van der Waals surface area contributed by atoms with Gasteiger partial charge < -0.3 is 25.8 Å². The van der Waals surface area contributed by atoms with Crippen molar-refractivity contribution < 1.29 is 20.1 Å². The monoisotopic (exact) mass is 295 g/mol. The summed E-state index contributed by atoms with van der Waals surface area (Å²) in [6.45, 7) is 1.36. The molecule has 0 unspecified atom stereocenters. The predicted octanol–water partition coefficient (Wildman–Crippen LogP) is -1.20. The average Bonchev–Trinajstić information content (AvgIpc) is 3.02. The molecule has 0 amide bonds. The van der Waals surface area contributed by atoms with Crippen molar-refractivity contribution in [3.63, 3.8) is 0 Å². The van der Waals surface area contributed by atoms with Crippen molar-refractivity contribution in [2.24, 2.45) is 0 Å². The van der Waals surface area contributed by atoms with E-state index in [-0.39, 0.29) is 5.82 Å². The summed E-state index contributed by atoms with van der Waals surface area (Å²) in [5.41, 5.74) is 5.29. The molecule has 0 spiro atoms. The first-order chi connectivity index (χ1) is 10.0. The molecule has 0 radical (unpaired) electrons. The smallest absolute Gasteiger partial charge is 0.167 e. The normalized spacial score (nSPS) is 32.9. The number of nitrogens with zero attached hydrogens (tertiary/aromatic N) is 4. The number of aromatic nitrogens is 4. The number of aliphatic hydroxyl groups excluding tert-OH is 3. The summed E-state index contributed by atoms with van der Waals surface area (Å²) < 4.78 is 7.22. The Morgan fingerprint density at radius 3 is 2.76 bits per heavy atom. The molecule has 5 N–H and O–H groups in total. The Hall–Kier alpha value is -1.81. The Morgan fingerprint density at radius 1 is 1.38 bits per heavy atom. The molecular weight excluding hydrogens is 278 g/mol. The van der Waals surface area contributed by atoms with Crippen LogP contribution in [0.2, 0.25) is 0 Å². The van der Waals surface area contributed by atoms with E-state index in [1.807, 2.05) is 0 Å². The van der Waals surface area contributed by atoms with Crippen molar-refractivity contribution in [2.45, 2.75) is 37.4 Å². The van der Waals surface area contributed by atoms with E-state index in [0.717, 1.165) is 0 Å². The number of anilines is 1. The van der Waals surface area contributed by atoms with Crippen molar-refractivity contribution in [2.75, 3.05) is 12.3 Å². The molecule has 0 aliphatic carbocycles. The van der Waals surface area contributed by atoms with Crippen molar-refractivity contribution in [1.82, 2.24) is 19.5 Å². The van der Waals surface area contributed by atoms with E-state index in [1.165, 1.54) is 17.2 Å². The van der Waals surface area contributed by atoms with E-state index in [4.69, 9.17) is 10.5 Å². The van der Waals surface area contributed by atoms with E-state index in [0.29, 0.717) is 17.6 Å². The number of nitrogens with two attached hydrogens (primary N) is 1. The summed E-state index contributed by atoms with van der Waals surface area (Å²) in [5, 5.41) is 29.9. The van der Waals surface area contributed by atoms with E-state index in [1.54, 1.807) is 6.92 Å². The number of hydrogen-bond donors (Lipinski definition) is 4. The van der Waals surface area contributed by atoms with Crippen LogP contribution < -0.4 is 5.73 Å².